The summed E-state index contributed by atoms with van der Waals surface area (Å²) < 4.78 is 46.8. The highest BCUT2D eigenvalue weighted by Crippen LogP contribution is 2.34. The molecule has 4 aromatic rings. The largest absolute Gasteiger partial charge is 0.416 e. The lowest BCUT2D eigenvalue weighted by Crippen LogP contribution is -2.25. The van der Waals surface area contributed by atoms with Crippen LogP contribution in [0, 0.1) is 11.8 Å². The number of alkyl halides is 3. The minimum atomic E-state index is -4.50. The number of aromatic amines is 1. The van der Waals surface area contributed by atoms with Crippen molar-refractivity contribution in [3.63, 3.8) is 0 Å². The molecule has 0 fully saturated rings. The van der Waals surface area contributed by atoms with E-state index >= 15 is 0 Å². The molecule has 0 spiro atoms. The van der Waals surface area contributed by atoms with E-state index in [-0.39, 0.29) is 17.8 Å². The molecule has 11 heteroatoms. The molecule has 3 aromatic heterocycles. The average Bonchev–Trinajstić information content (AvgIpc) is 3.32. The van der Waals surface area contributed by atoms with Crippen molar-refractivity contribution >= 4 is 16.6 Å². The Kier molecular flexibility index (Phi) is 8.35. The molecule has 0 aliphatic rings. The van der Waals surface area contributed by atoms with E-state index in [0.717, 1.165) is 17.0 Å². The molecule has 4 rings (SSSR count). The summed E-state index contributed by atoms with van der Waals surface area (Å²) in [7, 11) is 3.25. The van der Waals surface area contributed by atoms with Gasteiger partial charge in [0.1, 0.15) is 5.69 Å². The van der Waals surface area contributed by atoms with E-state index in [2.05, 4.69) is 48.0 Å². The lowest BCUT2D eigenvalue weighted by atomic mass is 10.1. The molecule has 1 atom stereocenters. The first-order valence-electron chi connectivity index (χ1n) is 11.5. The minimum Gasteiger partial charge on any atom is -0.357 e. The van der Waals surface area contributed by atoms with E-state index in [1.165, 1.54) is 13.2 Å². The number of methoxy groups -OCH3 is 1. The smallest absolute Gasteiger partial charge is 0.357 e. The summed E-state index contributed by atoms with van der Waals surface area (Å²) in [6, 6.07) is 7.73. The number of aromatic nitrogens is 4. The summed E-state index contributed by atoms with van der Waals surface area (Å²) in [5.41, 5.74) is 2.31. The molecule has 1 aromatic carbocycles. The van der Waals surface area contributed by atoms with Crippen molar-refractivity contribution in [2.45, 2.75) is 18.9 Å². The lowest BCUT2D eigenvalue weighted by molar-refractivity contribution is -0.138. The molecule has 37 heavy (non-hydrogen) atoms. The number of halogens is 3. The van der Waals surface area contributed by atoms with Crippen LogP contribution < -0.4 is 16.0 Å². The first-order chi connectivity index (χ1) is 17.9. The number of anilines is 1. The summed E-state index contributed by atoms with van der Waals surface area (Å²) in [5, 5.41) is 16.9. The Labute approximate surface area is 212 Å². The minimum absolute atomic E-state index is 0.108. The number of fused-ring (bicyclic) bond motifs is 1. The number of likely N-dealkylation sites (N-methyl/N-ethyl adjacent to an activating group) is 1. The number of H-pyrrole nitrogens is 1. The SMILES string of the molecule is CNCCNCc1ccc(NC(OC)c2cncc(C#Cc3n[nH]c4ccncc34)c2)cc1C(F)(F)F. The number of ether oxygens (including phenoxy) is 1. The van der Waals surface area contributed by atoms with Crippen LogP contribution in [0.3, 0.4) is 0 Å². The number of rotatable bonds is 9. The third kappa shape index (κ3) is 6.62. The second-order valence-corrected chi connectivity index (χ2v) is 8.16. The number of nitrogens with zero attached hydrogens (tertiary/aromatic N) is 3. The van der Waals surface area contributed by atoms with Crippen molar-refractivity contribution in [3.8, 4) is 11.8 Å². The molecule has 0 radical (unpaired) electrons. The highest BCUT2D eigenvalue weighted by atomic mass is 19.4. The molecule has 0 bridgehead atoms. The van der Waals surface area contributed by atoms with Crippen molar-refractivity contribution < 1.29 is 17.9 Å². The van der Waals surface area contributed by atoms with Crippen LogP contribution in [-0.4, -0.2) is 47.4 Å². The van der Waals surface area contributed by atoms with Gasteiger partial charge in [-0.25, -0.2) is 0 Å². The van der Waals surface area contributed by atoms with Gasteiger partial charge in [0.25, 0.3) is 0 Å². The fourth-order valence-corrected chi connectivity index (χ4v) is 3.70. The Balaban J connectivity index is 1.53. The molecular formula is C26H26F3N7O. The van der Waals surface area contributed by atoms with Crippen molar-refractivity contribution in [1.82, 2.24) is 30.8 Å². The maximum atomic E-state index is 13.8. The van der Waals surface area contributed by atoms with Gasteiger partial charge in [0.15, 0.2) is 6.23 Å². The number of hydrogen-bond acceptors (Lipinski definition) is 7. The molecule has 0 saturated heterocycles. The predicted octanol–water partition coefficient (Wildman–Crippen LogP) is 3.84. The quantitative estimate of drug-likeness (QED) is 0.155. The van der Waals surface area contributed by atoms with Gasteiger partial charge in [0.2, 0.25) is 0 Å². The van der Waals surface area contributed by atoms with Gasteiger partial charge in [-0.1, -0.05) is 12.0 Å². The highest BCUT2D eigenvalue weighted by Gasteiger charge is 2.33. The second kappa shape index (κ2) is 11.8. The maximum absolute atomic E-state index is 13.8. The summed E-state index contributed by atoms with van der Waals surface area (Å²) in [5.74, 6) is 6.03. The first-order valence-corrected chi connectivity index (χ1v) is 11.5. The van der Waals surface area contributed by atoms with Gasteiger partial charge in [-0.3, -0.25) is 15.1 Å². The van der Waals surface area contributed by atoms with Gasteiger partial charge < -0.3 is 20.7 Å². The molecule has 4 N–H and O–H groups in total. The average molecular weight is 510 g/mol. The molecule has 0 aliphatic heterocycles. The van der Waals surface area contributed by atoms with Gasteiger partial charge in [-0.2, -0.15) is 18.3 Å². The lowest BCUT2D eigenvalue weighted by Gasteiger charge is -2.21. The Morgan fingerprint density at radius 1 is 1.05 bits per heavy atom. The van der Waals surface area contributed by atoms with E-state index in [9.17, 15) is 13.2 Å². The normalized spacial score (nSPS) is 12.2. The number of nitrogens with one attached hydrogen (secondary N) is 4. The van der Waals surface area contributed by atoms with Crippen LogP contribution in [0.2, 0.25) is 0 Å². The topological polar surface area (TPSA) is 99.8 Å². The number of hydrogen-bond donors (Lipinski definition) is 4. The summed E-state index contributed by atoms with van der Waals surface area (Å²) in [6.45, 7) is 1.32. The van der Waals surface area contributed by atoms with E-state index in [0.29, 0.717) is 29.9 Å². The van der Waals surface area contributed by atoms with E-state index in [1.54, 1.807) is 44.0 Å². The molecule has 0 aliphatic carbocycles. The number of pyridine rings is 2. The first kappa shape index (κ1) is 26.1. The van der Waals surface area contributed by atoms with Gasteiger partial charge in [-0.15, -0.1) is 0 Å². The summed E-state index contributed by atoms with van der Waals surface area (Å²) >= 11 is 0. The highest BCUT2D eigenvalue weighted by molar-refractivity contribution is 5.82. The molecule has 3 heterocycles. The molecule has 0 saturated carbocycles. The third-order valence-corrected chi connectivity index (χ3v) is 5.57. The van der Waals surface area contributed by atoms with E-state index in [1.807, 2.05) is 6.07 Å². The number of benzene rings is 1. The summed E-state index contributed by atoms with van der Waals surface area (Å²) in [4.78, 5) is 8.32. The second-order valence-electron chi connectivity index (χ2n) is 8.16. The Hall–Kier alpha value is -3.98. The Morgan fingerprint density at radius 2 is 1.92 bits per heavy atom. The van der Waals surface area contributed by atoms with Crippen molar-refractivity contribution in [2.75, 3.05) is 32.6 Å². The monoisotopic (exact) mass is 509 g/mol. The molecule has 192 valence electrons. The Morgan fingerprint density at radius 3 is 2.70 bits per heavy atom. The van der Waals surface area contributed by atoms with Crippen molar-refractivity contribution in [3.05, 3.63) is 83.1 Å². The van der Waals surface area contributed by atoms with E-state index in [4.69, 9.17) is 4.74 Å². The van der Waals surface area contributed by atoms with Crippen LogP contribution in [0.4, 0.5) is 18.9 Å². The zero-order valence-electron chi connectivity index (χ0n) is 20.3. The van der Waals surface area contributed by atoms with Crippen molar-refractivity contribution in [1.29, 1.82) is 0 Å². The summed E-state index contributed by atoms with van der Waals surface area (Å²) in [6.07, 6.45) is 1.27. The maximum Gasteiger partial charge on any atom is 0.416 e. The molecule has 0 amide bonds. The van der Waals surface area contributed by atoms with Gasteiger partial charge in [0, 0.05) is 68.3 Å². The standard InChI is InChI=1S/C26H26F3N7O/c1-30-9-10-32-14-18-4-5-20(12-22(18)26(27,28)29)34-25(37-2)19-11-17(13-33-15-19)3-6-23-21-16-31-8-7-24(21)36-35-23/h4-5,7-8,11-13,15-16,25,30,32,34H,9-10,14H2,1-2H3,(H,35,36). The molecule has 1 unspecified atom stereocenters. The zero-order chi connectivity index (χ0) is 26.3. The Bertz CT molecular complexity index is 1410. The van der Waals surface area contributed by atoms with Crippen LogP contribution in [-0.2, 0) is 17.5 Å². The zero-order valence-corrected chi connectivity index (χ0v) is 20.3. The van der Waals surface area contributed by atoms with Gasteiger partial charge >= 0.3 is 6.18 Å². The third-order valence-electron chi connectivity index (χ3n) is 5.57. The fourth-order valence-electron chi connectivity index (χ4n) is 3.70. The van der Waals surface area contributed by atoms with Crippen molar-refractivity contribution in [2.24, 2.45) is 0 Å². The van der Waals surface area contributed by atoms with Gasteiger partial charge in [0.05, 0.1) is 16.5 Å². The fraction of sp³-hybridized carbons (Fsp3) is 0.269. The van der Waals surface area contributed by atoms with Crippen LogP contribution in [0.15, 0.2) is 55.1 Å². The van der Waals surface area contributed by atoms with Crippen LogP contribution >= 0.6 is 0 Å². The van der Waals surface area contributed by atoms with Crippen LogP contribution in [0.1, 0.15) is 34.2 Å². The van der Waals surface area contributed by atoms with Gasteiger partial charge in [-0.05, 0) is 42.8 Å². The van der Waals surface area contributed by atoms with Crippen LogP contribution in [0.25, 0.3) is 10.9 Å². The predicted molar refractivity (Wildman–Crippen MR) is 135 cm³/mol. The van der Waals surface area contributed by atoms with Crippen LogP contribution in [0.5, 0.6) is 0 Å². The molecular weight excluding hydrogens is 483 g/mol. The molecule has 8 nitrogen and oxygen atoms in total. The van der Waals surface area contributed by atoms with E-state index < -0.39 is 18.0 Å².